The second-order valence-corrected chi connectivity index (χ2v) is 10.4. The Bertz CT molecular complexity index is 1110. The first-order chi connectivity index (χ1) is 15.0. The first kappa shape index (κ1) is 22.3. The lowest BCUT2D eigenvalue weighted by Crippen LogP contribution is -2.29. The third-order valence-corrected chi connectivity index (χ3v) is 7.21. The second-order valence-electron chi connectivity index (χ2n) is 10.4. The van der Waals surface area contributed by atoms with Crippen molar-refractivity contribution in [3.8, 4) is 0 Å². The van der Waals surface area contributed by atoms with Crippen LogP contribution in [0.25, 0.3) is 0 Å². The predicted molar refractivity (Wildman–Crippen MR) is 126 cm³/mol. The highest BCUT2D eigenvalue weighted by Gasteiger charge is 2.35. The Hall–Kier alpha value is -2.88. The molecule has 0 saturated heterocycles. The molecule has 1 saturated carbocycles. The Morgan fingerprint density at radius 2 is 1.44 bits per heavy atom. The van der Waals surface area contributed by atoms with Crippen LogP contribution in [0.4, 0.5) is 0 Å². The van der Waals surface area contributed by atoms with Crippen LogP contribution in [0.2, 0.25) is 0 Å². The van der Waals surface area contributed by atoms with Crippen molar-refractivity contribution in [2.75, 3.05) is 0 Å². The van der Waals surface area contributed by atoms with Gasteiger partial charge in [-0.25, -0.2) is 5.53 Å². The standard InChI is InChI=1S/C28H32N2O2/c1-17-15-21-22(28(4,5)14-13-27(21,2)3)16-20(17)26(30-29)19-11-9-18(10-12-19)25-23(31)7-6-8-24(25)32/h9-16,25-26,29H,6-8H2,1-5H3. The van der Waals surface area contributed by atoms with Crippen LogP contribution in [0.15, 0.2) is 53.7 Å². The highest BCUT2D eigenvalue weighted by atomic mass is 16.2. The number of hydrogen-bond acceptors (Lipinski definition) is 4. The maximum atomic E-state index is 12.3. The van der Waals surface area contributed by atoms with Crippen LogP contribution >= 0.6 is 0 Å². The van der Waals surface area contributed by atoms with Crippen molar-refractivity contribution >= 4 is 11.6 Å². The van der Waals surface area contributed by atoms with Crippen molar-refractivity contribution in [3.63, 3.8) is 0 Å². The average Bonchev–Trinajstić information content (AvgIpc) is 2.74. The van der Waals surface area contributed by atoms with Gasteiger partial charge in [0.15, 0.2) is 0 Å². The van der Waals surface area contributed by atoms with E-state index >= 15 is 0 Å². The first-order valence-corrected chi connectivity index (χ1v) is 11.4. The largest absolute Gasteiger partial charge is 0.299 e. The van der Waals surface area contributed by atoms with Gasteiger partial charge in [0.05, 0.1) is 0 Å². The summed E-state index contributed by atoms with van der Waals surface area (Å²) >= 11 is 0. The van der Waals surface area contributed by atoms with E-state index in [1.807, 2.05) is 24.3 Å². The van der Waals surface area contributed by atoms with Gasteiger partial charge in [-0.05, 0) is 46.7 Å². The smallest absolute Gasteiger partial charge is 0.147 e. The van der Waals surface area contributed by atoms with E-state index in [1.54, 1.807) is 0 Å². The maximum absolute atomic E-state index is 12.3. The lowest BCUT2D eigenvalue weighted by Gasteiger charge is -2.38. The number of allylic oxidation sites excluding steroid dienone is 2. The number of carbonyl (C=O) groups excluding carboxylic acids is 2. The van der Waals surface area contributed by atoms with E-state index in [2.05, 4.69) is 64.0 Å². The molecule has 0 amide bonds. The minimum Gasteiger partial charge on any atom is -0.299 e. The summed E-state index contributed by atoms with van der Waals surface area (Å²) in [5.41, 5.74) is 14.2. The normalized spacial score (nSPS) is 20.7. The SMILES string of the molecule is Cc1cc2c(cc1C(N=N)c1ccc(C3C(=O)CCCC3=O)cc1)C(C)(C)C=CC2(C)C. The number of nitrogens with one attached hydrogen (secondary N) is 1. The van der Waals surface area contributed by atoms with Gasteiger partial charge in [0.1, 0.15) is 23.5 Å². The molecular formula is C28H32N2O2. The maximum Gasteiger partial charge on any atom is 0.147 e. The zero-order chi connectivity index (χ0) is 23.3. The molecule has 0 aliphatic heterocycles. The predicted octanol–water partition coefficient (Wildman–Crippen LogP) is 6.65. The Morgan fingerprint density at radius 3 is 1.97 bits per heavy atom. The first-order valence-electron chi connectivity index (χ1n) is 11.4. The summed E-state index contributed by atoms with van der Waals surface area (Å²) in [5.74, 6) is -0.609. The lowest BCUT2D eigenvalue weighted by atomic mass is 9.67. The molecule has 2 aliphatic carbocycles. The number of ketones is 2. The molecule has 1 fully saturated rings. The van der Waals surface area contributed by atoms with Gasteiger partial charge in [0.25, 0.3) is 0 Å². The lowest BCUT2D eigenvalue weighted by molar-refractivity contribution is -0.131. The number of fused-ring (bicyclic) bond motifs is 1. The van der Waals surface area contributed by atoms with Crippen molar-refractivity contribution in [2.45, 2.75) is 76.7 Å². The molecule has 0 heterocycles. The van der Waals surface area contributed by atoms with Gasteiger partial charge in [0, 0.05) is 23.7 Å². The number of hydrogen-bond donors (Lipinski definition) is 1. The van der Waals surface area contributed by atoms with Gasteiger partial charge in [-0.15, -0.1) is 0 Å². The Labute approximate surface area is 190 Å². The molecule has 0 aromatic heterocycles. The van der Waals surface area contributed by atoms with Crippen LogP contribution in [-0.2, 0) is 20.4 Å². The monoisotopic (exact) mass is 428 g/mol. The highest BCUT2D eigenvalue weighted by molar-refractivity contribution is 6.09. The molecule has 1 N–H and O–H groups in total. The van der Waals surface area contributed by atoms with Gasteiger partial charge in [-0.1, -0.05) is 76.2 Å². The summed E-state index contributed by atoms with van der Waals surface area (Å²) in [7, 11) is 0. The summed E-state index contributed by atoms with van der Waals surface area (Å²) in [4.78, 5) is 24.6. The van der Waals surface area contributed by atoms with Crippen LogP contribution in [0, 0.1) is 12.5 Å². The second kappa shape index (κ2) is 7.91. The van der Waals surface area contributed by atoms with E-state index in [0.29, 0.717) is 19.3 Å². The molecule has 0 radical (unpaired) electrons. The van der Waals surface area contributed by atoms with Crippen molar-refractivity contribution in [1.29, 1.82) is 5.53 Å². The number of benzene rings is 2. The van der Waals surface area contributed by atoms with Crippen LogP contribution in [0.5, 0.6) is 0 Å². The van der Waals surface area contributed by atoms with Gasteiger partial charge in [-0.2, -0.15) is 5.11 Å². The third kappa shape index (κ3) is 3.76. The molecule has 1 atom stereocenters. The van der Waals surface area contributed by atoms with E-state index < -0.39 is 12.0 Å². The number of aryl methyl sites for hydroxylation is 1. The average molecular weight is 429 g/mol. The summed E-state index contributed by atoms with van der Waals surface area (Å²) in [6.07, 6.45) is 6.16. The van der Waals surface area contributed by atoms with E-state index in [1.165, 1.54) is 11.1 Å². The fourth-order valence-electron chi connectivity index (χ4n) is 5.15. The molecule has 2 aromatic carbocycles. The zero-order valence-corrected chi connectivity index (χ0v) is 19.7. The quantitative estimate of drug-likeness (QED) is 0.336. The van der Waals surface area contributed by atoms with Crippen molar-refractivity contribution < 1.29 is 9.59 Å². The van der Waals surface area contributed by atoms with Crippen LogP contribution in [-0.4, -0.2) is 11.6 Å². The van der Waals surface area contributed by atoms with E-state index in [-0.39, 0.29) is 22.4 Å². The molecule has 4 rings (SSSR count). The molecule has 1 unspecified atom stereocenters. The topological polar surface area (TPSA) is 70.3 Å². The molecule has 2 aliphatic rings. The molecule has 0 spiro atoms. The molecule has 0 bridgehead atoms. The van der Waals surface area contributed by atoms with E-state index in [4.69, 9.17) is 5.53 Å². The molecule has 4 heteroatoms. The molecule has 32 heavy (non-hydrogen) atoms. The number of nitrogens with zero attached hydrogens (tertiary/aromatic N) is 1. The zero-order valence-electron chi connectivity index (χ0n) is 19.7. The Balaban J connectivity index is 1.73. The van der Waals surface area contributed by atoms with E-state index in [0.717, 1.165) is 22.3 Å². The summed E-state index contributed by atoms with van der Waals surface area (Å²) in [5, 5.41) is 3.99. The van der Waals surface area contributed by atoms with Crippen LogP contribution in [0.3, 0.4) is 0 Å². The molecular weight excluding hydrogens is 396 g/mol. The number of carbonyl (C=O) groups is 2. The van der Waals surface area contributed by atoms with Crippen LogP contribution < -0.4 is 0 Å². The van der Waals surface area contributed by atoms with Crippen molar-refractivity contribution in [1.82, 2.24) is 0 Å². The fourth-order valence-corrected chi connectivity index (χ4v) is 5.15. The molecule has 166 valence electrons. The van der Waals surface area contributed by atoms with Crippen molar-refractivity contribution in [3.05, 3.63) is 81.9 Å². The minimum atomic E-state index is -0.635. The van der Waals surface area contributed by atoms with Gasteiger partial charge >= 0.3 is 0 Å². The Kier molecular flexibility index (Phi) is 5.52. The fraction of sp³-hybridized carbons (Fsp3) is 0.429. The third-order valence-electron chi connectivity index (χ3n) is 7.21. The number of Topliss-reactive ketones (excluding diaryl/α,β-unsaturated/α-hetero) is 2. The molecule has 2 aromatic rings. The molecule has 4 nitrogen and oxygen atoms in total. The van der Waals surface area contributed by atoms with Crippen LogP contribution in [0.1, 0.15) is 92.3 Å². The van der Waals surface area contributed by atoms with Gasteiger partial charge in [-0.3, -0.25) is 9.59 Å². The number of rotatable bonds is 4. The summed E-state index contributed by atoms with van der Waals surface area (Å²) < 4.78 is 0. The summed E-state index contributed by atoms with van der Waals surface area (Å²) in [6, 6.07) is 11.6. The summed E-state index contributed by atoms with van der Waals surface area (Å²) in [6.45, 7) is 11.0. The Morgan fingerprint density at radius 1 is 0.906 bits per heavy atom. The minimum absolute atomic E-state index is 0.0131. The van der Waals surface area contributed by atoms with Crippen molar-refractivity contribution in [2.24, 2.45) is 5.11 Å². The van der Waals surface area contributed by atoms with Gasteiger partial charge < -0.3 is 0 Å². The highest BCUT2D eigenvalue weighted by Crippen LogP contribution is 2.44. The van der Waals surface area contributed by atoms with E-state index in [9.17, 15) is 9.59 Å². The van der Waals surface area contributed by atoms with Gasteiger partial charge in [0.2, 0.25) is 0 Å².